The number of rotatable bonds is 6. The lowest BCUT2D eigenvalue weighted by atomic mass is 10.3. The van der Waals surface area contributed by atoms with Crippen LogP contribution in [0.5, 0.6) is 0 Å². The quantitative estimate of drug-likeness (QED) is 0.642. The topological polar surface area (TPSA) is 90.1 Å². The first-order valence-corrected chi connectivity index (χ1v) is 4.79. The van der Waals surface area contributed by atoms with Gasteiger partial charge in [0.1, 0.15) is 6.61 Å². The minimum Gasteiger partial charge on any atom is -0.466 e. The van der Waals surface area contributed by atoms with Crippen LogP contribution in [0.4, 0.5) is 0 Å². The first kappa shape index (κ1) is 11.6. The average Bonchev–Trinajstić information content (AvgIpc) is 2.66. The fourth-order valence-electron chi connectivity index (χ4n) is 1.03. The molecule has 0 spiro atoms. The Morgan fingerprint density at radius 3 is 3.00 bits per heavy atom. The molecule has 1 rings (SSSR count). The van der Waals surface area contributed by atoms with E-state index >= 15 is 0 Å². The molecule has 1 aromatic rings. The number of esters is 1. The third-order valence-corrected chi connectivity index (χ3v) is 1.68. The van der Waals surface area contributed by atoms with Crippen LogP contribution >= 0.6 is 0 Å². The molecular weight excluding hydrogens is 200 g/mol. The molecule has 1 aromatic heterocycles. The number of nitrogens with zero attached hydrogens (tertiary/aromatic N) is 4. The van der Waals surface area contributed by atoms with Crippen LogP contribution in [0.2, 0.25) is 0 Å². The molecule has 0 fully saturated rings. The number of aliphatic hydroxyl groups is 1. The van der Waals surface area contributed by atoms with Crippen molar-refractivity contribution in [2.24, 2.45) is 0 Å². The molecule has 0 saturated heterocycles. The van der Waals surface area contributed by atoms with Crippen LogP contribution in [0.25, 0.3) is 0 Å². The molecule has 0 bridgehead atoms. The summed E-state index contributed by atoms with van der Waals surface area (Å²) >= 11 is 0. The van der Waals surface area contributed by atoms with Crippen LogP contribution < -0.4 is 0 Å². The molecule has 7 heteroatoms. The summed E-state index contributed by atoms with van der Waals surface area (Å²) in [6, 6.07) is 0. The van der Waals surface area contributed by atoms with Gasteiger partial charge >= 0.3 is 5.97 Å². The van der Waals surface area contributed by atoms with Gasteiger partial charge in [0.05, 0.1) is 13.2 Å². The maximum atomic E-state index is 11.0. The maximum Gasteiger partial charge on any atom is 0.305 e. The largest absolute Gasteiger partial charge is 0.466 e. The molecule has 0 aliphatic rings. The Bertz CT molecular complexity index is 313. The number of tetrazole rings is 1. The molecule has 0 saturated carbocycles. The van der Waals surface area contributed by atoms with Gasteiger partial charge in [-0.05, 0) is 18.6 Å². The second kappa shape index (κ2) is 6.07. The first-order valence-electron chi connectivity index (χ1n) is 4.79. The highest BCUT2D eigenvalue weighted by atomic mass is 16.5. The Balaban J connectivity index is 2.22. The molecule has 0 atom stereocenters. The summed E-state index contributed by atoms with van der Waals surface area (Å²) in [4.78, 5) is 12.3. The lowest BCUT2D eigenvalue weighted by molar-refractivity contribution is -0.143. The normalized spacial score (nSPS) is 10.3. The number of aliphatic hydroxyl groups excluding tert-OH is 1. The van der Waals surface area contributed by atoms with Crippen LogP contribution in [0.15, 0.2) is 0 Å². The number of ether oxygens (including phenoxy) is 1. The Morgan fingerprint density at radius 2 is 2.40 bits per heavy atom. The molecule has 0 aliphatic carbocycles. The zero-order valence-corrected chi connectivity index (χ0v) is 8.59. The van der Waals surface area contributed by atoms with E-state index in [1.54, 1.807) is 6.92 Å². The monoisotopic (exact) mass is 214 g/mol. The maximum absolute atomic E-state index is 11.0. The Hall–Kier alpha value is -1.50. The van der Waals surface area contributed by atoms with Crippen molar-refractivity contribution in [3.8, 4) is 0 Å². The molecule has 1 heterocycles. The highest BCUT2D eigenvalue weighted by molar-refractivity contribution is 5.69. The molecule has 0 radical (unpaired) electrons. The minimum atomic E-state index is -0.224. The van der Waals surface area contributed by atoms with Gasteiger partial charge in [-0.3, -0.25) is 4.79 Å². The number of aromatic nitrogens is 4. The van der Waals surface area contributed by atoms with Crippen molar-refractivity contribution in [2.45, 2.75) is 32.9 Å². The second-order valence-corrected chi connectivity index (χ2v) is 2.87. The van der Waals surface area contributed by atoms with E-state index in [4.69, 9.17) is 9.84 Å². The van der Waals surface area contributed by atoms with Gasteiger partial charge < -0.3 is 9.84 Å². The van der Waals surface area contributed by atoms with E-state index in [1.807, 2.05) is 0 Å². The molecule has 84 valence electrons. The molecule has 15 heavy (non-hydrogen) atoms. The van der Waals surface area contributed by atoms with Crippen LogP contribution in [0, 0.1) is 0 Å². The molecule has 0 aromatic carbocycles. The highest BCUT2D eigenvalue weighted by Gasteiger charge is 2.04. The molecule has 7 nitrogen and oxygen atoms in total. The Kier molecular flexibility index (Phi) is 4.69. The van der Waals surface area contributed by atoms with Crippen LogP contribution in [0.1, 0.15) is 25.6 Å². The standard InChI is InChI=1S/C8H14N4O3/c1-2-15-8(14)4-3-5-12-10-7(6-13)9-11-12/h13H,2-6H2,1H3. The third kappa shape index (κ3) is 4.03. The Labute approximate surface area is 87.0 Å². The van der Waals surface area contributed by atoms with Crippen molar-refractivity contribution < 1.29 is 14.6 Å². The summed E-state index contributed by atoms with van der Waals surface area (Å²) in [5.41, 5.74) is 0. The second-order valence-electron chi connectivity index (χ2n) is 2.87. The zero-order chi connectivity index (χ0) is 11.1. The fourth-order valence-corrected chi connectivity index (χ4v) is 1.03. The molecular formula is C8H14N4O3. The molecule has 0 unspecified atom stereocenters. The van der Waals surface area contributed by atoms with Crippen molar-refractivity contribution in [1.29, 1.82) is 0 Å². The van der Waals surface area contributed by atoms with Crippen LogP contribution in [-0.2, 0) is 22.7 Å². The van der Waals surface area contributed by atoms with E-state index in [9.17, 15) is 4.79 Å². The van der Waals surface area contributed by atoms with E-state index in [1.165, 1.54) is 4.80 Å². The van der Waals surface area contributed by atoms with Gasteiger partial charge in [0, 0.05) is 6.42 Å². The minimum absolute atomic E-state index is 0.222. The van der Waals surface area contributed by atoms with Crippen molar-refractivity contribution in [3.05, 3.63) is 5.82 Å². The summed E-state index contributed by atoms with van der Waals surface area (Å²) in [6.45, 7) is 2.43. The van der Waals surface area contributed by atoms with Crippen molar-refractivity contribution in [1.82, 2.24) is 20.2 Å². The van der Waals surface area contributed by atoms with Gasteiger partial charge in [0.25, 0.3) is 0 Å². The molecule has 0 amide bonds. The number of aryl methyl sites for hydroxylation is 1. The summed E-state index contributed by atoms with van der Waals surface area (Å²) in [5, 5.41) is 19.8. The summed E-state index contributed by atoms with van der Waals surface area (Å²) in [5.74, 6) is 0.0612. The number of carbonyl (C=O) groups is 1. The molecule has 0 aliphatic heterocycles. The third-order valence-electron chi connectivity index (χ3n) is 1.68. The van der Waals surface area contributed by atoms with Crippen molar-refractivity contribution >= 4 is 5.97 Å². The number of carbonyl (C=O) groups excluding carboxylic acids is 1. The first-order chi connectivity index (χ1) is 7.26. The van der Waals surface area contributed by atoms with E-state index in [-0.39, 0.29) is 18.4 Å². The highest BCUT2D eigenvalue weighted by Crippen LogP contribution is 1.95. The van der Waals surface area contributed by atoms with E-state index in [2.05, 4.69) is 15.4 Å². The van der Waals surface area contributed by atoms with E-state index in [0.29, 0.717) is 26.0 Å². The van der Waals surface area contributed by atoms with Gasteiger partial charge in [0.15, 0.2) is 5.82 Å². The number of hydrogen-bond donors (Lipinski definition) is 1. The Morgan fingerprint density at radius 1 is 1.60 bits per heavy atom. The van der Waals surface area contributed by atoms with Gasteiger partial charge in [-0.2, -0.15) is 4.80 Å². The lowest BCUT2D eigenvalue weighted by Crippen LogP contribution is -2.08. The van der Waals surface area contributed by atoms with Crippen molar-refractivity contribution in [2.75, 3.05) is 6.61 Å². The van der Waals surface area contributed by atoms with Gasteiger partial charge in [0.2, 0.25) is 0 Å². The van der Waals surface area contributed by atoms with Crippen LogP contribution in [0.3, 0.4) is 0 Å². The van der Waals surface area contributed by atoms with Gasteiger partial charge in [-0.25, -0.2) is 0 Å². The van der Waals surface area contributed by atoms with Crippen LogP contribution in [-0.4, -0.2) is 37.9 Å². The van der Waals surface area contributed by atoms with Gasteiger partial charge in [-0.1, -0.05) is 0 Å². The average molecular weight is 214 g/mol. The summed E-state index contributed by atoms with van der Waals surface area (Å²) < 4.78 is 4.76. The smallest absolute Gasteiger partial charge is 0.305 e. The van der Waals surface area contributed by atoms with E-state index in [0.717, 1.165) is 0 Å². The van der Waals surface area contributed by atoms with Crippen molar-refractivity contribution in [3.63, 3.8) is 0 Å². The number of hydrogen-bond acceptors (Lipinski definition) is 6. The van der Waals surface area contributed by atoms with Gasteiger partial charge in [-0.15, -0.1) is 10.2 Å². The predicted molar refractivity (Wildman–Crippen MR) is 49.6 cm³/mol. The SMILES string of the molecule is CCOC(=O)CCCn1nnc(CO)n1. The summed E-state index contributed by atoms with van der Waals surface area (Å²) in [6.07, 6.45) is 0.934. The molecule has 1 N–H and O–H groups in total. The lowest BCUT2D eigenvalue weighted by Gasteiger charge is -2.00. The zero-order valence-electron chi connectivity index (χ0n) is 8.59. The summed E-state index contributed by atoms with van der Waals surface area (Å²) in [7, 11) is 0. The van der Waals surface area contributed by atoms with E-state index < -0.39 is 0 Å². The fraction of sp³-hybridized carbons (Fsp3) is 0.750. The predicted octanol–water partition coefficient (Wildman–Crippen LogP) is -0.491.